The molecule has 2 nitrogen and oxygen atoms in total. The molecule has 1 heterocycles. The molecule has 106 valence electrons. The molecule has 2 unspecified atom stereocenters. The normalized spacial score (nSPS) is 23.1. The molecule has 0 saturated heterocycles. The van der Waals surface area contributed by atoms with Crippen molar-refractivity contribution in [3.63, 3.8) is 0 Å². The van der Waals surface area contributed by atoms with E-state index in [0.717, 1.165) is 12.1 Å². The first-order valence-electron chi connectivity index (χ1n) is 7.96. The monoisotopic (exact) mass is 268 g/mol. The summed E-state index contributed by atoms with van der Waals surface area (Å²) in [5.41, 5.74) is 2.59. The number of aromatic nitrogens is 1. The molecule has 3 rings (SSSR count). The topological polar surface area (TPSA) is 24.9 Å². The van der Waals surface area contributed by atoms with Crippen molar-refractivity contribution in [2.24, 2.45) is 0 Å². The van der Waals surface area contributed by atoms with Crippen LogP contribution in [-0.4, -0.2) is 17.6 Å². The van der Waals surface area contributed by atoms with E-state index >= 15 is 0 Å². The first-order valence-corrected chi connectivity index (χ1v) is 7.96. The summed E-state index contributed by atoms with van der Waals surface area (Å²) in [7, 11) is 0. The Bertz CT molecular complexity index is 564. The first kappa shape index (κ1) is 13.6. The van der Waals surface area contributed by atoms with Crippen molar-refractivity contribution in [1.82, 2.24) is 10.3 Å². The number of nitrogens with zero attached hydrogens (tertiary/aromatic N) is 1. The smallest absolute Gasteiger partial charge is 0.0702 e. The maximum Gasteiger partial charge on any atom is 0.0702 e. The van der Waals surface area contributed by atoms with Crippen LogP contribution >= 0.6 is 0 Å². The lowest BCUT2D eigenvalue weighted by atomic mass is 9.79. The van der Waals surface area contributed by atoms with E-state index < -0.39 is 0 Å². The van der Waals surface area contributed by atoms with Gasteiger partial charge in [-0.3, -0.25) is 4.98 Å². The van der Waals surface area contributed by atoms with Crippen LogP contribution in [0.1, 0.15) is 50.5 Å². The van der Waals surface area contributed by atoms with Gasteiger partial charge in [0.1, 0.15) is 0 Å². The summed E-state index contributed by atoms with van der Waals surface area (Å²) in [5, 5.41) is 5.02. The highest BCUT2D eigenvalue weighted by atomic mass is 14.9. The summed E-state index contributed by atoms with van der Waals surface area (Å²) in [4.78, 5) is 4.42. The van der Waals surface area contributed by atoms with Gasteiger partial charge in [0.05, 0.1) is 5.52 Å². The average Bonchev–Trinajstić information content (AvgIpc) is 2.53. The molecule has 1 fully saturated rings. The maximum absolute atomic E-state index is 4.42. The van der Waals surface area contributed by atoms with Crippen LogP contribution in [0.15, 0.2) is 36.5 Å². The number of pyridine rings is 1. The zero-order valence-electron chi connectivity index (χ0n) is 12.3. The highest BCUT2D eigenvalue weighted by Crippen LogP contribution is 2.34. The number of rotatable bonds is 4. The van der Waals surface area contributed by atoms with Crippen molar-refractivity contribution < 1.29 is 0 Å². The van der Waals surface area contributed by atoms with Crippen LogP contribution < -0.4 is 5.32 Å². The quantitative estimate of drug-likeness (QED) is 0.896. The number of benzene rings is 1. The van der Waals surface area contributed by atoms with Crippen LogP contribution in [0.3, 0.4) is 0 Å². The van der Waals surface area contributed by atoms with Gasteiger partial charge in [-0.15, -0.1) is 0 Å². The van der Waals surface area contributed by atoms with Crippen molar-refractivity contribution >= 4 is 10.9 Å². The van der Waals surface area contributed by atoms with Crippen LogP contribution in [-0.2, 0) is 0 Å². The summed E-state index contributed by atoms with van der Waals surface area (Å²) < 4.78 is 0. The standard InChI is InChI=1S/C18H24N2/c1-2-11-19-18-8-4-3-7-16(18)14-9-10-17-15(13-14)6-5-12-20-17/h5-6,9-10,12-13,16,18-19H,2-4,7-8,11H2,1H3. The number of fused-ring (bicyclic) bond motifs is 1. The second kappa shape index (κ2) is 6.36. The molecule has 1 aliphatic carbocycles. The SMILES string of the molecule is CCCNC1CCCCC1c1ccc2ncccc2c1. The Morgan fingerprint density at radius 1 is 1.20 bits per heavy atom. The Morgan fingerprint density at radius 2 is 2.10 bits per heavy atom. The third kappa shape index (κ3) is 2.85. The fourth-order valence-corrected chi connectivity index (χ4v) is 3.43. The Kier molecular flexibility index (Phi) is 4.31. The first-order chi connectivity index (χ1) is 9.88. The van der Waals surface area contributed by atoms with Crippen LogP contribution in [0.4, 0.5) is 0 Å². The Balaban J connectivity index is 1.86. The Hall–Kier alpha value is -1.41. The fourth-order valence-electron chi connectivity index (χ4n) is 3.43. The van der Waals surface area contributed by atoms with Crippen LogP contribution in [0.5, 0.6) is 0 Å². The van der Waals surface area contributed by atoms with E-state index in [1.807, 2.05) is 12.3 Å². The second-order valence-corrected chi connectivity index (χ2v) is 5.91. The fraction of sp³-hybridized carbons (Fsp3) is 0.500. The van der Waals surface area contributed by atoms with Gasteiger partial charge in [0.25, 0.3) is 0 Å². The Morgan fingerprint density at radius 3 is 3.00 bits per heavy atom. The van der Waals surface area contributed by atoms with Crippen molar-refractivity contribution in [2.75, 3.05) is 6.54 Å². The molecule has 0 bridgehead atoms. The van der Waals surface area contributed by atoms with Crippen molar-refractivity contribution in [1.29, 1.82) is 0 Å². The predicted octanol–water partition coefficient (Wildman–Crippen LogP) is 4.26. The van der Waals surface area contributed by atoms with Gasteiger partial charge in [0.2, 0.25) is 0 Å². The molecule has 1 aliphatic rings. The molecule has 1 aromatic heterocycles. The van der Waals surface area contributed by atoms with Crippen molar-refractivity contribution in [2.45, 2.75) is 51.0 Å². The zero-order valence-corrected chi connectivity index (χ0v) is 12.3. The summed E-state index contributed by atoms with van der Waals surface area (Å²) in [5.74, 6) is 0.667. The Labute approximate surface area is 121 Å². The van der Waals surface area contributed by atoms with E-state index in [4.69, 9.17) is 0 Å². The molecule has 2 heteroatoms. The van der Waals surface area contributed by atoms with Gasteiger partial charge >= 0.3 is 0 Å². The number of hydrogen-bond acceptors (Lipinski definition) is 2. The summed E-state index contributed by atoms with van der Waals surface area (Å²) in [6, 6.07) is 11.7. The number of nitrogens with one attached hydrogen (secondary N) is 1. The van der Waals surface area contributed by atoms with E-state index in [0.29, 0.717) is 12.0 Å². The molecular weight excluding hydrogens is 244 g/mol. The van der Waals surface area contributed by atoms with E-state index in [1.54, 1.807) is 0 Å². The van der Waals surface area contributed by atoms with E-state index in [-0.39, 0.29) is 0 Å². The van der Waals surface area contributed by atoms with Gasteiger partial charge in [-0.05, 0) is 55.5 Å². The lowest BCUT2D eigenvalue weighted by Gasteiger charge is -2.33. The minimum atomic E-state index is 0.651. The van der Waals surface area contributed by atoms with Crippen LogP contribution in [0, 0.1) is 0 Å². The third-order valence-corrected chi connectivity index (χ3v) is 4.48. The highest BCUT2D eigenvalue weighted by molar-refractivity contribution is 5.79. The van der Waals surface area contributed by atoms with Crippen molar-refractivity contribution in [3.8, 4) is 0 Å². The van der Waals surface area contributed by atoms with Gasteiger partial charge in [0, 0.05) is 17.6 Å². The molecule has 0 amide bonds. The molecule has 20 heavy (non-hydrogen) atoms. The van der Waals surface area contributed by atoms with Gasteiger partial charge in [0.15, 0.2) is 0 Å². The van der Waals surface area contributed by atoms with Gasteiger partial charge in [-0.1, -0.05) is 31.9 Å². The lowest BCUT2D eigenvalue weighted by Crippen LogP contribution is -2.37. The molecule has 1 aromatic carbocycles. The summed E-state index contributed by atoms with van der Waals surface area (Å²) in [6.07, 6.45) is 8.44. The zero-order chi connectivity index (χ0) is 13.8. The van der Waals surface area contributed by atoms with Gasteiger partial charge in [-0.25, -0.2) is 0 Å². The average molecular weight is 268 g/mol. The molecular formula is C18H24N2. The number of hydrogen-bond donors (Lipinski definition) is 1. The predicted molar refractivity (Wildman–Crippen MR) is 85.0 cm³/mol. The molecule has 2 aromatic rings. The lowest BCUT2D eigenvalue weighted by molar-refractivity contribution is 0.328. The van der Waals surface area contributed by atoms with Gasteiger partial charge < -0.3 is 5.32 Å². The third-order valence-electron chi connectivity index (χ3n) is 4.48. The molecule has 0 radical (unpaired) electrons. The second-order valence-electron chi connectivity index (χ2n) is 5.91. The maximum atomic E-state index is 4.42. The molecule has 1 N–H and O–H groups in total. The van der Waals surface area contributed by atoms with Crippen LogP contribution in [0.25, 0.3) is 10.9 Å². The van der Waals surface area contributed by atoms with E-state index in [9.17, 15) is 0 Å². The highest BCUT2D eigenvalue weighted by Gasteiger charge is 2.25. The molecule has 1 saturated carbocycles. The minimum Gasteiger partial charge on any atom is -0.313 e. The minimum absolute atomic E-state index is 0.651. The van der Waals surface area contributed by atoms with Crippen molar-refractivity contribution in [3.05, 3.63) is 42.1 Å². The van der Waals surface area contributed by atoms with Crippen LogP contribution in [0.2, 0.25) is 0 Å². The van der Waals surface area contributed by atoms with Gasteiger partial charge in [-0.2, -0.15) is 0 Å². The summed E-state index contributed by atoms with van der Waals surface area (Å²) >= 11 is 0. The molecule has 0 aliphatic heterocycles. The molecule has 0 spiro atoms. The largest absolute Gasteiger partial charge is 0.313 e. The molecule has 2 atom stereocenters. The van der Waals surface area contributed by atoms with E-state index in [2.05, 4.69) is 41.5 Å². The summed E-state index contributed by atoms with van der Waals surface area (Å²) in [6.45, 7) is 3.38. The van der Waals surface area contributed by atoms with E-state index in [1.165, 1.54) is 43.1 Å².